The molecule has 2 aromatic carbocycles. The number of nitrogens with zero attached hydrogens (tertiary/aromatic N) is 2. The van der Waals surface area contributed by atoms with Gasteiger partial charge in [-0.3, -0.25) is 4.79 Å². The van der Waals surface area contributed by atoms with Crippen LogP contribution in [0.3, 0.4) is 0 Å². The van der Waals surface area contributed by atoms with E-state index in [2.05, 4.69) is 17.2 Å². The molecule has 0 radical (unpaired) electrons. The Morgan fingerprint density at radius 1 is 1.07 bits per heavy atom. The third-order valence-corrected chi connectivity index (χ3v) is 4.60. The van der Waals surface area contributed by atoms with E-state index in [1.54, 1.807) is 17.0 Å². The van der Waals surface area contributed by atoms with Crippen LogP contribution >= 0.6 is 0 Å². The summed E-state index contributed by atoms with van der Waals surface area (Å²) in [7, 11) is 0. The Balaban J connectivity index is 1.49. The van der Waals surface area contributed by atoms with Crippen LogP contribution in [0.15, 0.2) is 48.5 Å². The number of anilines is 1. The van der Waals surface area contributed by atoms with Crippen molar-refractivity contribution in [3.05, 3.63) is 65.5 Å². The predicted octanol–water partition coefficient (Wildman–Crippen LogP) is 2.91. The smallest absolute Gasteiger partial charge is 0.318 e. The number of ketones is 1. The summed E-state index contributed by atoms with van der Waals surface area (Å²) in [5, 5.41) is 2.79. The maximum Gasteiger partial charge on any atom is 0.318 e. The summed E-state index contributed by atoms with van der Waals surface area (Å²) in [6.45, 7) is 3.72. The number of benzene rings is 2. The van der Waals surface area contributed by atoms with Gasteiger partial charge in [0.05, 0.1) is 12.2 Å². The van der Waals surface area contributed by atoms with E-state index in [1.807, 2.05) is 35.2 Å². The minimum absolute atomic E-state index is 0.165. The van der Waals surface area contributed by atoms with E-state index in [-0.39, 0.29) is 18.4 Å². The minimum Gasteiger partial charge on any atom is -0.366 e. The molecule has 0 saturated carbocycles. The lowest BCUT2D eigenvalue weighted by atomic mass is 10.1. The summed E-state index contributed by atoms with van der Waals surface area (Å²) in [6.07, 6.45) is 0. The van der Waals surface area contributed by atoms with Gasteiger partial charge in [0.2, 0.25) is 0 Å². The average molecular weight is 379 g/mol. The van der Waals surface area contributed by atoms with E-state index in [1.165, 1.54) is 13.0 Å². The van der Waals surface area contributed by atoms with Crippen molar-refractivity contribution in [2.75, 3.05) is 37.6 Å². The van der Waals surface area contributed by atoms with Crippen molar-refractivity contribution in [1.29, 1.82) is 0 Å². The number of hydrogen-bond acceptors (Lipinski definition) is 3. The second-order valence-corrected chi connectivity index (χ2v) is 6.52. The lowest BCUT2D eigenvalue weighted by Gasteiger charge is -2.36. The molecule has 1 aliphatic rings. The Morgan fingerprint density at radius 2 is 1.79 bits per heavy atom. The van der Waals surface area contributed by atoms with Crippen LogP contribution in [0.1, 0.15) is 22.8 Å². The standard InChI is InChI=1S/C22H22FN3O2/c1-17(27)19-9-10-21(20(23)16-19)25-12-14-26(15-13-25)22(28)24-11-5-8-18-6-3-2-4-7-18/h2-4,6-7,9-10,16H,11-15H2,1H3,(H,24,28). The molecule has 3 rings (SSSR count). The van der Waals surface area contributed by atoms with E-state index in [4.69, 9.17) is 0 Å². The first-order valence-corrected chi connectivity index (χ1v) is 9.17. The summed E-state index contributed by atoms with van der Waals surface area (Å²) in [4.78, 5) is 27.2. The molecule has 0 aliphatic carbocycles. The van der Waals surface area contributed by atoms with Crippen LogP contribution in [0.2, 0.25) is 0 Å². The fourth-order valence-electron chi connectivity index (χ4n) is 3.03. The van der Waals surface area contributed by atoms with Gasteiger partial charge in [-0.25, -0.2) is 9.18 Å². The number of nitrogens with one attached hydrogen (secondary N) is 1. The van der Waals surface area contributed by atoms with E-state index >= 15 is 0 Å². The second kappa shape index (κ2) is 9.05. The number of piperazine rings is 1. The molecule has 1 heterocycles. The Morgan fingerprint density at radius 3 is 2.43 bits per heavy atom. The normalized spacial score (nSPS) is 13.5. The van der Waals surface area contributed by atoms with Crippen LogP contribution in [0.25, 0.3) is 0 Å². The molecule has 28 heavy (non-hydrogen) atoms. The summed E-state index contributed by atoms with van der Waals surface area (Å²) in [6, 6.07) is 13.9. The topological polar surface area (TPSA) is 52.7 Å². The van der Waals surface area contributed by atoms with Gasteiger partial charge in [-0.15, -0.1) is 0 Å². The SMILES string of the molecule is CC(=O)c1ccc(N2CCN(C(=O)NCC#Cc3ccccc3)CC2)c(F)c1. The van der Waals surface area contributed by atoms with Crippen molar-refractivity contribution < 1.29 is 14.0 Å². The Labute approximate surface area is 164 Å². The fourth-order valence-corrected chi connectivity index (χ4v) is 3.03. The van der Waals surface area contributed by atoms with Crippen LogP contribution in [0, 0.1) is 17.7 Å². The molecule has 2 amide bonds. The molecule has 1 aliphatic heterocycles. The quantitative estimate of drug-likeness (QED) is 0.659. The first-order valence-electron chi connectivity index (χ1n) is 9.17. The van der Waals surface area contributed by atoms with Gasteiger partial charge in [0.15, 0.2) is 5.78 Å². The zero-order valence-electron chi connectivity index (χ0n) is 15.7. The molecule has 0 atom stereocenters. The predicted molar refractivity (Wildman–Crippen MR) is 107 cm³/mol. The zero-order chi connectivity index (χ0) is 19.9. The molecule has 144 valence electrons. The van der Waals surface area contributed by atoms with Gasteiger partial charge in [0, 0.05) is 37.3 Å². The Hall–Kier alpha value is -3.33. The van der Waals surface area contributed by atoms with Crippen molar-refractivity contribution >= 4 is 17.5 Å². The molecule has 1 N–H and O–H groups in total. The van der Waals surface area contributed by atoms with Gasteiger partial charge in [-0.2, -0.15) is 0 Å². The average Bonchev–Trinajstić information content (AvgIpc) is 2.72. The maximum absolute atomic E-state index is 14.3. The highest BCUT2D eigenvalue weighted by Gasteiger charge is 2.22. The molecular formula is C22H22FN3O2. The molecule has 1 saturated heterocycles. The van der Waals surface area contributed by atoms with Crippen molar-refractivity contribution in [2.45, 2.75) is 6.92 Å². The lowest BCUT2D eigenvalue weighted by molar-refractivity contribution is 0.101. The maximum atomic E-state index is 14.3. The summed E-state index contributed by atoms with van der Waals surface area (Å²) < 4.78 is 14.3. The number of urea groups is 1. The number of carbonyl (C=O) groups is 2. The molecular weight excluding hydrogens is 357 g/mol. The summed E-state index contributed by atoms with van der Waals surface area (Å²) >= 11 is 0. The highest BCUT2D eigenvalue weighted by atomic mass is 19.1. The molecule has 6 heteroatoms. The second-order valence-electron chi connectivity index (χ2n) is 6.52. The highest BCUT2D eigenvalue weighted by Crippen LogP contribution is 2.22. The monoisotopic (exact) mass is 379 g/mol. The van der Waals surface area contributed by atoms with Crippen LogP contribution in [0.5, 0.6) is 0 Å². The molecule has 0 spiro atoms. The fraction of sp³-hybridized carbons (Fsp3) is 0.273. The molecule has 1 fully saturated rings. The van der Waals surface area contributed by atoms with E-state index in [0.717, 1.165) is 5.56 Å². The van der Waals surface area contributed by atoms with Crippen molar-refractivity contribution in [1.82, 2.24) is 10.2 Å². The number of rotatable bonds is 3. The van der Waals surface area contributed by atoms with Crippen LogP contribution in [0.4, 0.5) is 14.9 Å². The molecule has 0 bridgehead atoms. The first-order chi connectivity index (χ1) is 13.5. The van der Waals surface area contributed by atoms with Crippen LogP contribution in [-0.4, -0.2) is 49.4 Å². The molecule has 0 unspecified atom stereocenters. The highest BCUT2D eigenvalue weighted by molar-refractivity contribution is 5.94. The van der Waals surface area contributed by atoms with Crippen molar-refractivity contribution in [3.8, 4) is 11.8 Å². The van der Waals surface area contributed by atoms with Gasteiger partial charge in [0.1, 0.15) is 5.82 Å². The molecule has 2 aromatic rings. The first kappa shape index (κ1) is 19.4. The lowest BCUT2D eigenvalue weighted by Crippen LogP contribution is -2.52. The molecule has 5 nitrogen and oxygen atoms in total. The summed E-state index contributed by atoms with van der Waals surface area (Å²) in [5.74, 6) is 5.35. The van der Waals surface area contributed by atoms with E-state index in [9.17, 15) is 14.0 Å². The van der Waals surface area contributed by atoms with Gasteiger partial charge in [-0.05, 0) is 37.3 Å². The number of carbonyl (C=O) groups excluding carboxylic acids is 2. The third kappa shape index (κ3) is 4.89. The van der Waals surface area contributed by atoms with Crippen LogP contribution in [-0.2, 0) is 0 Å². The van der Waals surface area contributed by atoms with Gasteiger partial charge in [-0.1, -0.05) is 30.0 Å². The van der Waals surface area contributed by atoms with Crippen molar-refractivity contribution in [3.63, 3.8) is 0 Å². The number of amides is 2. The van der Waals surface area contributed by atoms with Crippen LogP contribution < -0.4 is 10.2 Å². The summed E-state index contributed by atoms with van der Waals surface area (Å²) in [5.41, 5.74) is 1.72. The largest absolute Gasteiger partial charge is 0.366 e. The number of hydrogen-bond donors (Lipinski definition) is 1. The van der Waals surface area contributed by atoms with Gasteiger partial charge >= 0.3 is 6.03 Å². The van der Waals surface area contributed by atoms with Gasteiger partial charge < -0.3 is 15.1 Å². The van der Waals surface area contributed by atoms with Crippen molar-refractivity contribution in [2.24, 2.45) is 0 Å². The zero-order valence-corrected chi connectivity index (χ0v) is 15.7. The molecule has 0 aromatic heterocycles. The Bertz CT molecular complexity index is 910. The van der Waals surface area contributed by atoms with E-state index < -0.39 is 5.82 Å². The minimum atomic E-state index is -0.415. The Kier molecular flexibility index (Phi) is 6.28. The van der Waals surface area contributed by atoms with Gasteiger partial charge in [0.25, 0.3) is 0 Å². The van der Waals surface area contributed by atoms with E-state index in [0.29, 0.717) is 37.4 Å². The third-order valence-electron chi connectivity index (χ3n) is 4.60. The number of Topliss-reactive ketones (excluding diaryl/α,β-unsaturated/α-hetero) is 1. The number of halogens is 1.